The van der Waals surface area contributed by atoms with E-state index in [1.54, 1.807) is 0 Å². The lowest BCUT2D eigenvalue weighted by Gasteiger charge is -2.29. The highest BCUT2D eigenvalue weighted by molar-refractivity contribution is 5.85. The molecule has 0 fully saturated rings. The summed E-state index contributed by atoms with van der Waals surface area (Å²) in [7, 11) is 0. The Morgan fingerprint density at radius 2 is 1.08 bits per heavy atom. The number of allylic oxidation sites excluding steroid dienone is 2. The second-order valence-electron chi connectivity index (χ2n) is 12.1. The van der Waals surface area contributed by atoms with Crippen molar-refractivity contribution in [3.05, 3.63) is 12.2 Å². The average Bonchev–Trinajstić information content (AvgIpc) is 3.46. The summed E-state index contributed by atoms with van der Waals surface area (Å²) in [5, 5.41) is 10.8. The van der Waals surface area contributed by atoms with Crippen molar-refractivity contribution >= 4 is 18.7 Å². The number of halogens is 1. The van der Waals surface area contributed by atoms with Gasteiger partial charge in [-0.2, -0.15) is 0 Å². The number of nitrogens with zero attached hydrogens (tertiary/aromatic N) is 2. The molecule has 1 aliphatic rings. The van der Waals surface area contributed by atoms with Crippen molar-refractivity contribution in [2.75, 3.05) is 13.1 Å². The summed E-state index contributed by atoms with van der Waals surface area (Å²) in [5.74, 6) is 0. The second kappa shape index (κ2) is 30.4. The number of unbranched alkanes of at least 4 members (excludes halogenated alkanes) is 20. The molecule has 2 atom stereocenters. The van der Waals surface area contributed by atoms with Crippen LogP contribution in [0, 0.1) is 0 Å². The SMILES string of the molecule is CCCCCCCC/C=C\CCCCCCCC(CC(O)CCCCCCCCCCCC)N1C=NCC1.Cl. The van der Waals surface area contributed by atoms with Crippen molar-refractivity contribution in [3.8, 4) is 0 Å². The second-order valence-corrected chi connectivity index (χ2v) is 12.1. The predicted molar refractivity (Wildman–Crippen MR) is 178 cm³/mol. The third-order valence-electron chi connectivity index (χ3n) is 8.42. The first-order valence-corrected chi connectivity index (χ1v) is 17.4. The number of hydrogen-bond donors (Lipinski definition) is 1. The fourth-order valence-electron chi connectivity index (χ4n) is 5.84. The molecular weight excluding hydrogens is 500 g/mol. The quantitative estimate of drug-likeness (QED) is 0.0719. The Labute approximate surface area is 251 Å². The Bertz CT molecular complexity index is 539. The van der Waals surface area contributed by atoms with E-state index in [-0.39, 0.29) is 18.5 Å². The summed E-state index contributed by atoms with van der Waals surface area (Å²) in [6.45, 7) is 6.54. The molecule has 0 saturated heterocycles. The summed E-state index contributed by atoms with van der Waals surface area (Å²) in [5.41, 5.74) is 0. The molecule has 0 aromatic heterocycles. The van der Waals surface area contributed by atoms with Gasteiger partial charge in [0.15, 0.2) is 0 Å². The highest BCUT2D eigenvalue weighted by Crippen LogP contribution is 2.20. The maximum Gasteiger partial charge on any atom is 0.0853 e. The van der Waals surface area contributed by atoms with E-state index in [1.807, 2.05) is 0 Å². The minimum atomic E-state index is -0.147. The molecule has 39 heavy (non-hydrogen) atoms. The van der Waals surface area contributed by atoms with Gasteiger partial charge in [-0.3, -0.25) is 4.99 Å². The van der Waals surface area contributed by atoms with Gasteiger partial charge in [0, 0.05) is 12.6 Å². The Hall–Kier alpha value is -0.540. The average molecular weight is 569 g/mol. The number of rotatable bonds is 29. The molecule has 1 rings (SSSR count). The van der Waals surface area contributed by atoms with E-state index < -0.39 is 0 Å². The lowest BCUT2D eigenvalue weighted by molar-refractivity contribution is 0.117. The van der Waals surface area contributed by atoms with Crippen LogP contribution >= 0.6 is 12.4 Å². The monoisotopic (exact) mass is 569 g/mol. The first kappa shape index (κ1) is 38.5. The summed E-state index contributed by atoms with van der Waals surface area (Å²) in [6, 6.07) is 0.476. The predicted octanol–water partition coefficient (Wildman–Crippen LogP) is 11.2. The van der Waals surface area contributed by atoms with Crippen LogP contribution in [0.15, 0.2) is 17.1 Å². The summed E-state index contributed by atoms with van der Waals surface area (Å²) >= 11 is 0. The van der Waals surface area contributed by atoms with Gasteiger partial charge >= 0.3 is 0 Å². The van der Waals surface area contributed by atoms with Gasteiger partial charge in [-0.05, 0) is 44.9 Å². The normalized spacial score (nSPS) is 14.8. The van der Waals surface area contributed by atoms with Crippen LogP contribution in [-0.4, -0.2) is 41.6 Å². The fraction of sp³-hybridized carbons (Fsp3) is 0.914. The van der Waals surface area contributed by atoms with Crippen LogP contribution < -0.4 is 0 Å². The first-order valence-electron chi connectivity index (χ1n) is 17.4. The van der Waals surface area contributed by atoms with E-state index in [1.165, 1.54) is 154 Å². The molecule has 2 unspecified atom stereocenters. The molecule has 0 spiro atoms. The summed E-state index contributed by atoms with van der Waals surface area (Å²) in [6.07, 6.45) is 41.0. The highest BCUT2D eigenvalue weighted by atomic mass is 35.5. The largest absolute Gasteiger partial charge is 0.393 e. The number of aliphatic hydroxyl groups excluding tert-OH is 1. The minimum absolute atomic E-state index is 0. The van der Waals surface area contributed by atoms with Crippen LogP contribution in [-0.2, 0) is 0 Å². The molecule has 0 amide bonds. The molecule has 0 aliphatic carbocycles. The minimum Gasteiger partial charge on any atom is -0.393 e. The molecule has 4 heteroatoms. The Kier molecular flexibility index (Phi) is 30.0. The third-order valence-corrected chi connectivity index (χ3v) is 8.42. The van der Waals surface area contributed by atoms with E-state index in [9.17, 15) is 5.11 Å². The molecule has 0 saturated carbocycles. The molecule has 3 nitrogen and oxygen atoms in total. The van der Waals surface area contributed by atoms with Crippen LogP contribution in [0.2, 0.25) is 0 Å². The van der Waals surface area contributed by atoms with Crippen molar-refractivity contribution in [1.82, 2.24) is 4.90 Å². The highest BCUT2D eigenvalue weighted by Gasteiger charge is 2.21. The van der Waals surface area contributed by atoms with Gasteiger partial charge in [-0.25, -0.2) is 0 Å². The third kappa shape index (κ3) is 24.9. The van der Waals surface area contributed by atoms with E-state index in [2.05, 4.69) is 42.2 Å². The van der Waals surface area contributed by atoms with Gasteiger partial charge < -0.3 is 10.0 Å². The molecule has 1 N–H and O–H groups in total. The Morgan fingerprint density at radius 3 is 1.54 bits per heavy atom. The van der Waals surface area contributed by atoms with E-state index in [0.717, 1.165) is 25.9 Å². The van der Waals surface area contributed by atoms with Crippen LogP contribution in [0.25, 0.3) is 0 Å². The molecular formula is C35H69ClN2O. The standard InChI is InChI=1S/C35H68N2O.ClH/c1-3-5-7-9-11-13-15-16-17-18-19-20-22-24-26-28-34(37-31-30-36-33-37)32-35(38)29-27-25-23-21-14-12-10-8-6-4-2;/h16-17,33-35,38H,3-15,18-32H2,1-2H3;1H/b17-16-;. The van der Waals surface area contributed by atoms with E-state index >= 15 is 0 Å². The van der Waals surface area contributed by atoms with Gasteiger partial charge in [0.05, 0.1) is 19.0 Å². The number of aliphatic imine (C=N–C) groups is 1. The van der Waals surface area contributed by atoms with Crippen LogP contribution in [0.5, 0.6) is 0 Å². The van der Waals surface area contributed by atoms with Crippen molar-refractivity contribution in [3.63, 3.8) is 0 Å². The van der Waals surface area contributed by atoms with Gasteiger partial charge in [-0.1, -0.05) is 148 Å². The van der Waals surface area contributed by atoms with Gasteiger partial charge in [0.25, 0.3) is 0 Å². The first-order chi connectivity index (χ1) is 18.8. The van der Waals surface area contributed by atoms with Crippen molar-refractivity contribution in [2.24, 2.45) is 4.99 Å². The molecule has 0 radical (unpaired) electrons. The molecule has 0 aromatic rings. The van der Waals surface area contributed by atoms with Crippen LogP contribution in [0.3, 0.4) is 0 Å². The summed E-state index contributed by atoms with van der Waals surface area (Å²) < 4.78 is 0. The van der Waals surface area contributed by atoms with E-state index in [4.69, 9.17) is 0 Å². The molecule has 0 bridgehead atoms. The maximum atomic E-state index is 10.8. The lowest BCUT2D eigenvalue weighted by atomic mass is 9.97. The van der Waals surface area contributed by atoms with Crippen molar-refractivity contribution in [2.45, 2.75) is 193 Å². The van der Waals surface area contributed by atoms with Crippen LogP contribution in [0.1, 0.15) is 181 Å². The van der Waals surface area contributed by atoms with E-state index in [0.29, 0.717) is 6.04 Å². The van der Waals surface area contributed by atoms with Gasteiger partial charge in [0.1, 0.15) is 0 Å². The molecule has 1 heterocycles. The lowest BCUT2D eigenvalue weighted by Crippen LogP contribution is -2.35. The molecule has 1 aliphatic heterocycles. The van der Waals surface area contributed by atoms with Gasteiger partial charge in [-0.15, -0.1) is 12.4 Å². The fourth-order valence-corrected chi connectivity index (χ4v) is 5.84. The zero-order valence-electron chi connectivity index (χ0n) is 26.4. The smallest absolute Gasteiger partial charge is 0.0853 e. The van der Waals surface area contributed by atoms with Crippen molar-refractivity contribution in [1.29, 1.82) is 0 Å². The zero-order valence-corrected chi connectivity index (χ0v) is 27.3. The Balaban J connectivity index is 0.0000144. The molecule has 232 valence electrons. The summed E-state index contributed by atoms with van der Waals surface area (Å²) in [4.78, 5) is 6.87. The van der Waals surface area contributed by atoms with Gasteiger partial charge in [0.2, 0.25) is 0 Å². The topological polar surface area (TPSA) is 35.8 Å². The van der Waals surface area contributed by atoms with Crippen LogP contribution in [0.4, 0.5) is 0 Å². The number of hydrogen-bond acceptors (Lipinski definition) is 3. The molecule has 0 aromatic carbocycles. The van der Waals surface area contributed by atoms with Crippen molar-refractivity contribution < 1.29 is 5.11 Å². The number of aliphatic hydroxyl groups is 1. The zero-order chi connectivity index (χ0) is 27.4. The maximum absolute atomic E-state index is 10.8. The Morgan fingerprint density at radius 1 is 0.641 bits per heavy atom.